The summed E-state index contributed by atoms with van der Waals surface area (Å²) >= 11 is 5.83. The predicted molar refractivity (Wildman–Crippen MR) is 94.8 cm³/mol. The van der Waals surface area contributed by atoms with Gasteiger partial charge in [0.25, 0.3) is 11.5 Å². The lowest BCUT2D eigenvalue weighted by Crippen LogP contribution is -2.37. The van der Waals surface area contributed by atoms with Crippen LogP contribution >= 0.6 is 11.6 Å². The number of amides is 1. The number of fused-ring (bicyclic) bond motifs is 1. The molecule has 2 aromatic heterocycles. The van der Waals surface area contributed by atoms with Crippen molar-refractivity contribution in [3.05, 3.63) is 73.5 Å². The third-order valence-electron chi connectivity index (χ3n) is 3.92. The monoisotopic (exact) mass is 358 g/mol. The van der Waals surface area contributed by atoms with Crippen LogP contribution in [0.5, 0.6) is 0 Å². The molecule has 0 bridgehead atoms. The van der Waals surface area contributed by atoms with Gasteiger partial charge in [-0.25, -0.2) is 9.78 Å². The molecule has 1 aromatic carbocycles. The number of hydrogen-bond acceptors (Lipinski definition) is 4. The van der Waals surface area contributed by atoms with E-state index in [1.807, 2.05) is 12.1 Å². The molecule has 8 heteroatoms. The van der Waals surface area contributed by atoms with Crippen molar-refractivity contribution in [3.8, 4) is 0 Å². The molecule has 128 valence electrons. The second-order valence-electron chi connectivity index (χ2n) is 5.61. The molecule has 7 nitrogen and oxygen atoms in total. The van der Waals surface area contributed by atoms with E-state index < -0.39 is 11.2 Å². The lowest BCUT2D eigenvalue weighted by molar-refractivity contribution is 0.0950. The van der Waals surface area contributed by atoms with Gasteiger partial charge in [-0.15, -0.1) is 0 Å². The van der Waals surface area contributed by atoms with Gasteiger partial charge in [-0.1, -0.05) is 23.7 Å². The van der Waals surface area contributed by atoms with E-state index in [1.165, 1.54) is 30.9 Å². The fraction of sp³-hybridized carbons (Fsp3) is 0.176. The Hall–Kier alpha value is -2.93. The number of halogens is 1. The van der Waals surface area contributed by atoms with E-state index in [9.17, 15) is 14.4 Å². The van der Waals surface area contributed by atoms with Crippen LogP contribution in [-0.2, 0) is 20.6 Å². The summed E-state index contributed by atoms with van der Waals surface area (Å²) in [5.41, 5.74) is 0.423. The van der Waals surface area contributed by atoms with Crippen molar-refractivity contribution in [2.24, 2.45) is 14.1 Å². The van der Waals surface area contributed by atoms with Crippen LogP contribution in [0.25, 0.3) is 11.0 Å². The van der Waals surface area contributed by atoms with Gasteiger partial charge < -0.3 is 5.32 Å². The summed E-state index contributed by atoms with van der Waals surface area (Å²) in [6.45, 7) is 0.319. The maximum Gasteiger partial charge on any atom is 0.332 e. The third-order valence-corrected chi connectivity index (χ3v) is 4.17. The van der Waals surface area contributed by atoms with Crippen molar-refractivity contribution in [3.63, 3.8) is 0 Å². The number of benzene rings is 1. The maximum absolute atomic E-state index is 12.3. The van der Waals surface area contributed by atoms with Crippen molar-refractivity contribution in [2.45, 2.75) is 6.54 Å². The predicted octanol–water partition coefficient (Wildman–Crippen LogP) is 1.22. The summed E-state index contributed by atoms with van der Waals surface area (Å²) in [6.07, 6.45) is 1.35. The maximum atomic E-state index is 12.3. The number of aromatic nitrogens is 3. The van der Waals surface area contributed by atoms with Crippen molar-refractivity contribution < 1.29 is 4.79 Å². The second kappa shape index (κ2) is 6.52. The minimum atomic E-state index is -0.488. The molecule has 1 N–H and O–H groups in total. The first-order valence-electron chi connectivity index (χ1n) is 7.47. The van der Waals surface area contributed by atoms with Crippen LogP contribution in [0.1, 0.15) is 15.9 Å². The van der Waals surface area contributed by atoms with Gasteiger partial charge in [0.05, 0.1) is 10.9 Å². The van der Waals surface area contributed by atoms with Gasteiger partial charge in [-0.05, 0) is 23.8 Å². The van der Waals surface area contributed by atoms with Gasteiger partial charge in [0.2, 0.25) is 0 Å². The van der Waals surface area contributed by atoms with Gasteiger partial charge in [0.15, 0.2) is 0 Å². The molecule has 1 amide bonds. The van der Waals surface area contributed by atoms with Crippen molar-refractivity contribution >= 4 is 28.5 Å². The van der Waals surface area contributed by atoms with E-state index in [2.05, 4.69) is 10.3 Å². The Kier molecular flexibility index (Phi) is 4.41. The highest BCUT2D eigenvalue weighted by Gasteiger charge is 2.13. The lowest BCUT2D eigenvalue weighted by Gasteiger charge is -2.09. The molecule has 25 heavy (non-hydrogen) atoms. The van der Waals surface area contributed by atoms with Gasteiger partial charge >= 0.3 is 5.69 Å². The van der Waals surface area contributed by atoms with Crippen LogP contribution in [-0.4, -0.2) is 20.0 Å². The molecular weight excluding hydrogens is 344 g/mol. The van der Waals surface area contributed by atoms with Crippen molar-refractivity contribution in [1.29, 1.82) is 0 Å². The first-order valence-corrected chi connectivity index (χ1v) is 7.84. The topological polar surface area (TPSA) is 86.0 Å². The normalized spacial score (nSPS) is 10.8. The first kappa shape index (κ1) is 16.9. The molecule has 0 fully saturated rings. The molecule has 0 spiro atoms. The van der Waals surface area contributed by atoms with Gasteiger partial charge in [-0.3, -0.25) is 18.7 Å². The summed E-state index contributed by atoms with van der Waals surface area (Å²) in [4.78, 5) is 40.6. The smallest absolute Gasteiger partial charge is 0.332 e. The van der Waals surface area contributed by atoms with E-state index in [0.29, 0.717) is 11.6 Å². The lowest BCUT2D eigenvalue weighted by atomic mass is 10.2. The number of rotatable bonds is 3. The Labute approximate surface area is 147 Å². The number of nitrogens with one attached hydrogen (secondary N) is 1. The molecule has 0 radical (unpaired) electrons. The summed E-state index contributed by atoms with van der Waals surface area (Å²) in [5.74, 6) is -0.361. The average molecular weight is 359 g/mol. The summed E-state index contributed by atoms with van der Waals surface area (Å²) in [7, 11) is 2.91. The number of nitrogens with zero attached hydrogens (tertiary/aromatic N) is 3. The van der Waals surface area contributed by atoms with Crippen LogP contribution in [0.15, 0.2) is 46.1 Å². The van der Waals surface area contributed by atoms with E-state index in [1.54, 1.807) is 12.1 Å². The van der Waals surface area contributed by atoms with Gasteiger partial charge in [-0.2, -0.15) is 0 Å². The fourth-order valence-electron chi connectivity index (χ4n) is 2.48. The average Bonchev–Trinajstić information content (AvgIpc) is 2.63. The zero-order chi connectivity index (χ0) is 18.1. The Morgan fingerprint density at radius 3 is 2.52 bits per heavy atom. The fourth-order valence-corrected chi connectivity index (χ4v) is 2.60. The highest BCUT2D eigenvalue weighted by Crippen LogP contribution is 2.10. The molecule has 0 saturated heterocycles. The van der Waals surface area contributed by atoms with E-state index >= 15 is 0 Å². The summed E-state index contributed by atoms with van der Waals surface area (Å²) in [5, 5.41) is 3.59. The third kappa shape index (κ3) is 3.18. The van der Waals surface area contributed by atoms with Gasteiger partial charge in [0, 0.05) is 31.9 Å². The second-order valence-corrected chi connectivity index (χ2v) is 6.05. The SMILES string of the molecule is Cn1c(=O)c2cc(C(=O)NCc3ccc(Cl)cc3)cnc2n(C)c1=O. The Balaban J connectivity index is 1.91. The van der Waals surface area contributed by atoms with Crippen molar-refractivity contribution in [1.82, 2.24) is 19.4 Å². The molecule has 0 aliphatic heterocycles. The molecule has 3 rings (SSSR count). The molecule has 0 unspecified atom stereocenters. The highest BCUT2D eigenvalue weighted by molar-refractivity contribution is 6.30. The summed E-state index contributed by atoms with van der Waals surface area (Å²) < 4.78 is 2.26. The summed E-state index contributed by atoms with van der Waals surface area (Å²) in [6, 6.07) is 8.55. The number of carbonyl (C=O) groups excluding carboxylic acids is 1. The van der Waals surface area contributed by atoms with E-state index in [0.717, 1.165) is 10.1 Å². The zero-order valence-electron chi connectivity index (χ0n) is 13.6. The van der Waals surface area contributed by atoms with Crippen LogP contribution in [0, 0.1) is 0 Å². The molecule has 0 aliphatic rings. The Bertz CT molecular complexity index is 1080. The quantitative estimate of drug-likeness (QED) is 0.762. The number of carbonyl (C=O) groups is 1. The van der Waals surface area contributed by atoms with Crippen LogP contribution in [0.3, 0.4) is 0 Å². The van der Waals surface area contributed by atoms with E-state index in [4.69, 9.17) is 11.6 Å². The Morgan fingerprint density at radius 1 is 1.16 bits per heavy atom. The van der Waals surface area contributed by atoms with Crippen LogP contribution in [0.2, 0.25) is 5.02 Å². The van der Waals surface area contributed by atoms with Crippen molar-refractivity contribution in [2.75, 3.05) is 0 Å². The van der Waals surface area contributed by atoms with Crippen LogP contribution < -0.4 is 16.6 Å². The molecular formula is C17H15ClN4O3. The molecule has 2 heterocycles. The number of hydrogen-bond donors (Lipinski definition) is 1. The number of aryl methyl sites for hydroxylation is 1. The zero-order valence-corrected chi connectivity index (χ0v) is 14.4. The molecule has 3 aromatic rings. The largest absolute Gasteiger partial charge is 0.348 e. The van der Waals surface area contributed by atoms with E-state index in [-0.39, 0.29) is 22.5 Å². The molecule has 0 saturated carbocycles. The standard InChI is InChI=1S/C17H15ClN4O3/c1-21-14-13(16(24)22(2)17(21)25)7-11(9-19-14)15(23)20-8-10-3-5-12(18)6-4-10/h3-7,9H,8H2,1-2H3,(H,20,23). The minimum Gasteiger partial charge on any atom is -0.348 e. The number of pyridine rings is 1. The highest BCUT2D eigenvalue weighted by atomic mass is 35.5. The molecule has 0 aliphatic carbocycles. The van der Waals surface area contributed by atoms with Crippen LogP contribution in [0.4, 0.5) is 0 Å². The minimum absolute atomic E-state index is 0.212. The molecule has 0 atom stereocenters. The first-order chi connectivity index (χ1) is 11.9. The Morgan fingerprint density at radius 2 is 1.84 bits per heavy atom. The van der Waals surface area contributed by atoms with Gasteiger partial charge in [0.1, 0.15) is 5.65 Å².